The third-order valence-corrected chi connectivity index (χ3v) is 7.29. The second-order valence-corrected chi connectivity index (χ2v) is 11.7. The van der Waals surface area contributed by atoms with Crippen molar-refractivity contribution < 1.29 is 24.8 Å². The van der Waals surface area contributed by atoms with E-state index < -0.39 is 17.3 Å². The lowest BCUT2D eigenvalue weighted by atomic mass is 9.92. The van der Waals surface area contributed by atoms with Crippen molar-refractivity contribution in [1.29, 1.82) is 0 Å². The largest absolute Gasteiger partial charge is 0.498 e. The van der Waals surface area contributed by atoms with Gasteiger partial charge in [0.15, 0.2) is 0 Å². The number of aliphatic hydroxyl groups excluding tert-OH is 1. The van der Waals surface area contributed by atoms with Crippen molar-refractivity contribution >= 4 is 5.57 Å². The van der Waals surface area contributed by atoms with Crippen LogP contribution >= 0.6 is 0 Å². The first-order valence-electron chi connectivity index (χ1n) is 13.8. The van der Waals surface area contributed by atoms with Gasteiger partial charge in [-0.05, 0) is 109 Å². The topological polar surface area (TPSA) is 94.4 Å². The molecule has 1 rings (SSSR count). The number of nitrogens with zero attached hydrogens (tertiary/aromatic N) is 1. The van der Waals surface area contributed by atoms with Gasteiger partial charge in [-0.15, -0.1) is 0 Å². The minimum Gasteiger partial charge on any atom is -0.498 e. The van der Waals surface area contributed by atoms with Gasteiger partial charge < -0.3 is 35.0 Å². The second-order valence-electron chi connectivity index (χ2n) is 11.7. The summed E-state index contributed by atoms with van der Waals surface area (Å²) in [4.78, 5) is 2.24. The Labute approximate surface area is 231 Å². The first-order valence-corrected chi connectivity index (χ1v) is 13.8. The number of benzene rings is 1. The second kappa shape index (κ2) is 15.6. The van der Waals surface area contributed by atoms with E-state index in [1.165, 1.54) is 0 Å². The van der Waals surface area contributed by atoms with Crippen LogP contribution in [0.25, 0.3) is 5.57 Å². The number of ether oxygens (including phenoxy) is 2. The molecule has 0 saturated carbocycles. The molecule has 0 saturated heterocycles. The van der Waals surface area contributed by atoms with Crippen molar-refractivity contribution in [3.63, 3.8) is 0 Å². The van der Waals surface area contributed by atoms with Crippen molar-refractivity contribution in [1.82, 2.24) is 10.2 Å². The van der Waals surface area contributed by atoms with Crippen molar-refractivity contribution in [2.45, 2.75) is 85.5 Å². The molecule has 1 aromatic carbocycles. The molecule has 0 aliphatic heterocycles. The molecule has 0 spiro atoms. The van der Waals surface area contributed by atoms with E-state index >= 15 is 0 Å². The first-order chi connectivity index (χ1) is 17.6. The van der Waals surface area contributed by atoms with Gasteiger partial charge in [-0.25, -0.2) is 0 Å². The number of rotatable bonds is 18. The Morgan fingerprint density at radius 2 is 1.74 bits per heavy atom. The zero-order valence-electron chi connectivity index (χ0n) is 25.4. The highest BCUT2D eigenvalue weighted by Gasteiger charge is 2.24. The summed E-state index contributed by atoms with van der Waals surface area (Å²) >= 11 is 0. The Bertz CT molecular complexity index is 899. The number of nitrogens with one attached hydrogen (secondary N) is 1. The summed E-state index contributed by atoms with van der Waals surface area (Å²) in [7, 11) is 2.08. The van der Waals surface area contributed by atoms with Gasteiger partial charge in [0, 0.05) is 19.6 Å². The van der Waals surface area contributed by atoms with E-state index in [1.807, 2.05) is 39.8 Å². The maximum absolute atomic E-state index is 10.2. The Kier molecular flexibility index (Phi) is 14.0. The summed E-state index contributed by atoms with van der Waals surface area (Å²) in [6, 6.07) is 6.05. The van der Waals surface area contributed by atoms with Crippen LogP contribution in [0, 0.1) is 12.8 Å². The highest BCUT2D eigenvalue weighted by atomic mass is 16.5. The zero-order chi connectivity index (χ0) is 29.1. The fourth-order valence-electron chi connectivity index (χ4n) is 3.83. The van der Waals surface area contributed by atoms with Crippen LogP contribution in [0.3, 0.4) is 0 Å². The van der Waals surface area contributed by atoms with E-state index in [4.69, 9.17) is 9.47 Å². The van der Waals surface area contributed by atoms with E-state index in [1.54, 1.807) is 13.8 Å². The molecule has 0 heterocycles. The Morgan fingerprint density at radius 3 is 2.34 bits per heavy atom. The molecule has 4 N–H and O–H groups in total. The molecule has 218 valence electrons. The van der Waals surface area contributed by atoms with Gasteiger partial charge in [-0.2, -0.15) is 0 Å². The quantitative estimate of drug-likeness (QED) is 0.125. The van der Waals surface area contributed by atoms with Gasteiger partial charge in [-0.3, -0.25) is 0 Å². The normalized spacial score (nSPS) is 14.8. The van der Waals surface area contributed by atoms with Crippen LogP contribution in [0.2, 0.25) is 0 Å². The molecule has 0 bridgehead atoms. The standard InChI is InChI=1S/C31H54N2O5/c1-22(30(6,7)35)21-33(10)17-13-19-38-28-15-11-14-27(25(28)4)24(3)23(2)26(5)37-18-12-16-32-20-29(34)31(8,9)36/h11,14-15,22,29,32,34-36H,3,12-13,16-21H2,1-2,4-10H3/b26-23+. The average Bonchev–Trinajstić information content (AvgIpc) is 2.82. The van der Waals surface area contributed by atoms with Gasteiger partial charge in [0.05, 0.1) is 36.3 Å². The van der Waals surface area contributed by atoms with Gasteiger partial charge in [-0.1, -0.05) is 25.6 Å². The van der Waals surface area contributed by atoms with Gasteiger partial charge >= 0.3 is 0 Å². The number of aliphatic hydroxyl groups is 3. The lowest BCUT2D eigenvalue weighted by molar-refractivity contribution is -0.0461. The van der Waals surface area contributed by atoms with Crippen LogP contribution in [0.5, 0.6) is 5.75 Å². The molecular formula is C31H54N2O5. The van der Waals surface area contributed by atoms with Crippen molar-refractivity contribution in [3.8, 4) is 5.75 Å². The van der Waals surface area contributed by atoms with Crippen LogP contribution in [0.1, 0.15) is 72.4 Å². The minimum atomic E-state index is -1.12. The molecule has 2 unspecified atom stereocenters. The van der Waals surface area contributed by atoms with Crippen LogP contribution in [0.15, 0.2) is 36.1 Å². The van der Waals surface area contributed by atoms with E-state index in [2.05, 4.69) is 43.8 Å². The molecule has 1 aromatic rings. The van der Waals surface area contributed by atoms with Crippen molar-refractivity contribution in [2.24, 2.45) is 5.92 Å². The smallest absolute Gasteiger partial charge is 0.122 e. The molecule has 0 fully saturated rings. The summed E-state index contributed by atoms with van der Waals surface area (Å²) in [5.41, 5.74) is 2.22. The highest BCUT2D eigenvalue weighted by molar-refractivity contribution is 5.79. The van der Waals surface area contributed by atoms with E-state index in [9.17, 15) is 15.3 Å². The first kappa shape index (κ1) is 34.1. The van der Waals surface area contributed by atoms with Gasteiger partial charge in [0.1, 0.15) is 5.75 Å². The number of allylic oxidation sites excluding steroid dienone is 3. The molecule has 0 aromatic heterocycles. The summed E-state index contributed by atoms with van der Waals surface area (Å²) in [5, 5.41) is 33.0. The van der Waals surface area contributed by atoms with E-state index in [0.717, 1.165) is 59.7 Å². The fraction of sp³-hybridized carbons (Fsp3) is 0.677. The molecule has 0 aliphatic carbocycles. The molecule has 0 amide bonds. The van der Waals surface area contributed by atoms with E-state index in [-0.39, 0.29) is 5.92 Å². The van der Waals surface area contributed by atoms with E-state index in [0.29, 0.717) is 26.3 Å². The van der Waals surface area contributed by atoms with Crippen molar-refractivity contribution in [2.75, 3.05) is 46.4 Å². The molecular weight excluding hydrogens is 480 g/mol. The van der Waals surface area contributed by atoms with Gasteiger partial charge in [0.2, 0.25) is 0 Å². The van der Waals surface area contributed by atoms with Crippen LogP contribution in [-0.4, -0.2) is 84.0 Å². The third kappa shape index (κ3) is 11.9. The summed E-state index contributed by atoms with van der Waals surface area (Å²) < 4.78 is 12.1. The van der Waals surface area contributed by atoms with Crippen molar-refractivity contribution in [3.05, 3.63) is 47.2 Å². The molecule has 7 nitrogen and oxygen atoms in total. The molecule has 2 atom stereocenters. The Balaban J connectivity index is 2.56. The van der Waals surface area contributed by atoms with Crippen LogP contribution in [0.4, 0.5) is 0 Å². The monoisotopic (exact) mass is 534 g/mol. The average molecular weight is 535 g/mol. The minimum absolute atomic E-state index is 0.192. The zero-order valence-corrected chi connectivity index (χ0v) is 25.4. The fourth-order valence-corrected chi connectivity index (χ4v) is 3.83. The molecule has 38 heavy (non-hydrogen) atoms. The predicted molar refractivity (Wildman–Crippen MR) is 157 cm³/mol. The van der Waals surface area contributed by atoms with Crippen LogP contribution < -0.4 is 10.1 Å². The number of hydrogen-bond acceptors (Lipinski definition) is 7. The maximum atomic E-state index is 10.2. The maximum Gasteiger partial charge on any atom is 0.122 e. The Hall–Kier alpha value is -1.90. The summed E-state index contributed by atoms with van der Waals surface area (Å²) in [5.74, 6) is 1.89. The molecule has 0 aliphatic rings. The molecule has 7 heteroatoms. The highest BCUT2D eigenvalue weighted by Crippen LogP contribution is 2.31. The van der Waals surface area contributed by atoms with Gasteiger partial charge in [0.25, 0.3) is 0 Å². The van der Waals surface area contributed by atoms with Crippen LogP contribution in [-0.2, 0) is 4.74 Å². The SMILES string of the molecule is C=C(/C(C)=C(\C)OCCCNCC(O)C(C)(C)O)c1cccc(OCCCN(C)CC(C)C(C)(C)O)c1C. The summed E-state index contributed by atoms with van der Waals surface area (Å²) in [6.07, 6.45) is 0.870. The predicted octanol–water partition coefficient (Wildman–Crippen LogP) is 4.54. The lowest BCUT2D eigenvalue weighted by Gasteiger charge is -2.30. The third-order valence-electron chi connectivity index (χ3n) is 7.29. The molecule has 0 radical (unpaired) electrons. The Morgan fingerprint density at radius 1 is 1.08 bits per heavy atom. The summed E-state index contributed by atoms with van der Waals surface area (Å²) in [6.45, 7) is 23.3. The number of hydrogen-bond donors (Lipinski definition) is 4. The lowest BCUT2D eigenvalue weighted by Crippen LogP contribution is -2.43.